The minimum atomic E-state index is -3.53. The minimum absolute atomic E-state index is 0.0327. The fourth-order valence-corrected chi connectivity index (χ4v) is 4.01. The average Bonchev–Trinajstić information content (AvgIpc) is 2.93. The molecule has 1 fully saturated rings. The van der Waals surface area contributed by atoms with Gasteiger partial charge in [0.1, 0.15) is 5.82 Å². The predicted molar refractivity (Wildman–Crippen MR) is 114 cm³/mol. The predicted octanol–water partition coefficient (Wildman–Crippen LogP) is 2.56. The lowest BCUT2D eigenvalue weighted by atomic mass is 9.95. The van der Waals surface area contributed by atoms with E-state index in [1.807, 2.05) is 0 Å². The van der Waals surface area contributed by atoms with Gasteiger partial charge in [0, 0.05) is 25.6 Å². The Morgan fingerprint density at radius 2 is 2.07 bits per heavy atom. The number of para-hydroxylation sites is 1. The molecule has 7 nitrogen and oxygen atoms in total. The highest BCUT2D eigenvalue weighted by atomic mass is 35.5. The van der Waals surface area contributed by atoms with E-state index >= 15 is 0 Å². The molecule has 2 aromatic rings. The van der Waals surface area contributed by atoms with E-state index in [4.69, 9.17) is 16.3 Å². The first kappa shape index (κ1) is 22.5. The van der Waals surface area contributed by atoms with Crippen molar-refractivity contribution in [1.29, 1.82) is 0 Å². The van der Waals surface area contributed by atoms with Gasteiger partial charge in [0.25, 0.3) is 5.91 Å². The van der Waals surface area contributed by atoms with Crippen molar-refractivity contribution >= 4 is 33.2 Å². The molecule has 0 spiro atoms. The lowest BCUT2D eigenvalue weighted by Gasteiger charge is -2.25. The fraction of sp³-hybridized carbons (Fsp3) is 0.350. The molecule has 0 saturated carbocycles. The molecule has 3 rings (SSSR count). The zero-order valence-electron chi connectivity index (χ0n) is 16.3. The highest BCUT2D eigenvalue weighted by molar-refractivity contribution is 7.92. The van der Waals surface area contributed by atoms with Crippen LogP contribution in [0.3, 0.4) is 0 Å². The van der Waals surface area contributed by atoms with Gasteiger partial charge >= 0.3 is 0 Å². The van der Waals surface area contributed by atoms with Gasteiger partial charge < -0.3 is 15.4 Å². The maximum Gasteiger partial charge on any atom is 0.253 e. The van der Waals surface area contributed by atoms with Crippen molar-refractivity contribution in [2.75, 3.05) is 37.2 Å². The van der Waals surface area contributed by atoms with Crippen molar-refractivity contribution < 1.29 is 22.3 Å². The van der Waals surface area contributed by atoms with Crippen molar-refractivity contribution in [3.8, 4) is 0 Å². The summed E-state index contributed by atoms with van der Waals surface area (Å²) in [6.07, 6.45) is 0.586. The molecule has 3 N–H and O–H groups in total. The molecule has 1 aliphatic rings. The Balaban J connectivity index is 1.75. The van der Waals surface area contributed by atoms with E-state index < -0.39 is 27.9 Å². The number of benzene rings is 2. The summed E-state index contributed by atoms with van der Waals surface area (Å²) < 4.78 is 45.3. The van der Waals surface area contributed by atoms with Gasteiger partial charge in [-0.15, -0.1) is 0 Å². The molecule has 1 saturated heterocycles. The van der Waals surface area contributed by atoms with E-state index in [1.165, 1.54) is 24.3 Å². The Labute approximate surface area is 180 Å². The minimum Gasteiger partial charge on any atom is -0.372 e. The summed E-state index contributed by atoms with van der Waals surface area (Å²) in [5.74, 6) is -1.13. The summed E-state index contributed by atoms with van der Waals surface area (Å²) in [6.45, 7) is 1.88. The van der Waals surface area contributed by atoms with Crippen LogP contribution in [0.15, 0.2) is 42.5 Å². The summed E-state index contributed by atoms with van der Waals surface area (Å²) in [5, 5.41) is 6.11. The zero-order chi connectivity index (χ0) is 21.7. The molecule has 1 heterocycles. The van der Waals surface area contributed by atoms with Crippen LogP contribution < -0.4 is 15.4 Å². The second kappa shape index (κ2) is 9.74. The number of sulfonamides is 1. The molecule has 0 aromatic heterocycles. The van der Waals surface area contributed by atoms with Crippen LogP contribution in [0.25, 0.3) is 0 Å². The monoisotopic (exact) mass is 455 g/mol. The number of anilines is 1. The van der Waals surface area contributed by atoms with Gasteiger partial charge in [0.15, 0.2) is 0 Å². The van der Waals surface area contributed by atoms with Crippen LogP contribution in [-0.4, -0.2) is 46.8 Å². The van der Waals surface area contributed by atoms with Gasteiger partial charge in [-0.25, -0.2) is 12.8 Å². The van der Waals surface area contributed by atoms with E-state index in [0.29, 0.717) is 25.3 Å². The molecule has 2 atom stereocenters. The van der Waals surface area contributed by atoms with Crippen molar-refractivity contribution in [3.05, 3.63) is 64.4 Å². The standard InChI is InChI=1S/C20H23ClFN3O4S/c1-30(27,28)25-18-5-3-2-4-15(18)20(26)24-12-14-11-23-8-9-29-19(14)13-6-7-16(21)17(22)10-13/h2-7,10,14,19,23,25H,8-9,11-12H2,1H3,(H,24,26)/t14-,19-/m0/s1. The van der Waals surface area contributed by atoms with E-state index in [0.717, 1.165) is 6.26 Å². The molecule has 0 radical (unpaired) electrons. The number of ether oxygens (including phenoxy) is 1. The van der Waals surface area contributed by atoms with E-state index in [1.54, 1.807) is 18.2 Å². The number of hydrogen-bond donors (Lipinski definition) is 3. The van der Waals surface area contributed by atoms with Crippen LogP contribution in [-0.2, 0) is 14.8 Å². The summed E-state index contributed by atoms with van der Waals surface area (Å²) in [7, 11) is -3.53. The smallest absolute Gasteiger partial charge is 0.253 e. The van der Waals surface area contributed by atoms with Crippen LogP contribution >= 0.6 is 11.6 Å². The normalized spacial score (nSPS) is 19.7. The number of nitrogens with one attached hydrogen (secondary N) is 3. The van der Waals surface area contributed by atoms with E-state index in [-0.39, 0.29) is 28.7 Å². The van der Waals surface area contributed by atoms with Crippen molar-refractivity contribution in [3.63, 3.8) is 0 Å². The van der Waals surface area contributed by atoms with Crippen LogP contribution in [0.4, 0.5) is 10.1 Å². The lowest BCUT2D eigenvalue weighted by Crippen LogP contribution is -2.36. The average molecular weight is 456 g/mol. The molecular formula is C20H23ClFN3O4S. The largest absolute Gasteiger partial charge is 0.372 e. The zero-order valence-corrected chi connectivity index (χ0v) is 17.9. The third-order valence-corrected chi connectivity index (χ3v) is 5.57. The Kier molecular flexibility index (Phi) is 7.30. The van der Waals surface area contributed by atoms with Crippen LogP contribution in [0.5, 0.6) is 0 Å². The fourth-order valence-electron chi connectivity index (χ4n) is 3.31. The van der Waals surface area contributed by atoms with E-state index in [2.05, 4.69) is 15.4 Å². The van der Waals surface area contributed by atoms with Crippen molar-refractivity contribution in [2.45, 2.75) is 6.10 Å². The molecule has 162 valence electrons. The van der Waals surface area contributed by atoms with Crippen LogP contribution in [0.1, 0.15) is 22.0 Å². The summed E-state index contributed by atoms with van der Waals surface area (Å²) in [4.78, 5) is 12.7. The quantitative estimate of drug-likeness (QED) is 0.622. The third-order valence-electron chi connectivity index (χ3n) is 4.67. The van der Waals surface area contributed by atoms with Gasteiger partial charge in [0.2, 0.25) is 10.0 Å². The Morgan fingerprint density at radius 3 is 2.80 bits per heavy atom. The molecule has 0 bridgehead atoms. The highest BCUT2D eigenvalue weighted by Crippen LogP contribution is 2.29. The molecule has 30 heavy (non-hydrogen) atoms. The molecule has 0 aliphatic carbocycles. The second-order valence-corrected chi connectivity index (χ2v) is 9.21. The first-order valence-electron chi connectivity index (χ1n) is 9.37. The highest BCUT2D eigenvalue weighted by Gasteiger charge is 2.27. The lowest BCUT2D eigenvalue weighted by molar-refractivity contribution is 0.0304. The Bertz CT molecular complexity index is 1020. The van der Waals surface area contributed by atoms with Gasteiger partial charge in [0.05, 0.1) is 35.2 Å². The Morgan fingerprint density at radius 1 is 1.30 bits per heavy atom. The van der Waals surface area contributed by atoms with Crippen LogP contribution in [0.2, 0.25) is 5.02 Å². The maximum absolute atomic E-state index is 13.9. The molecule has 1 amide bonds. The first-order valence-corrected chi connectivity index (χ1v) is 11.6. The summed E-state index contributed by atoms with van der Waals surface area (Å²) in [5.41, 5.74) is 1.04. The topological polar surface area (TPSA) is 96.5 Å². The second-order valence-electron chi connectivity index (χ2n) is 7.06. The molecule has 10 heteroatoms. The number of carbonyl (C=O) groups is 1. The van der Waals surface area contributed by atoms with Gasteiger partial charge in [-0.05, 0) is 29.8 Å². The number of hydrogen-bond acceptors (Lipinski definition) is 5. The van der Waals surface area contributed by atoms with Gasteiger partial charge in [-0.2, -0.15) is 0 Å². The SMILES string of the molecule is CS(=O)(=O)Nc1ccccc1C(=O)NC[C@@H]1CNCCO[C@H]1c1ccc(Cl)c(F)c1. The molecule has 1 aliphatic heterocycles. The van der Waals surface area contributed by atoms with Gasteiger partial charge in [-0.1, -0.05) is 29.8 Å². The van der Waals surface area contributed by atoms with Crippen molar-refractivity contribution in [2.24, 2.45) is 5.92 Å². The first-order chi connectivity index (χ1) is 14.2. The number of amides is 1. The van der Waals surface area contributed by atoms with Gasteiger partial charge in [-0.3, -0.25) is 9.52 Å². The summed E-state index contributed by atoms with van der Waals surface area (Å²) in [6, 6.07) is 10.9. The number of halogens is 2. The molecule has 0 unspecified atom stereocenters. The number of rotatable bonds is 6. The van der Waals surface area contributed by atoms with Crippen molar-refractivity contribution in [1.82, 2.24) is 10.6 Å². The maximum atomic E-state index is 13.9. The molecule has 2 aromatic carbocycles. The Hall–Kier alpha value is -2.20. The third kappa shape index (κ3) is 5.91. The molecular weight excluding hydrogens is 433 g/mol. The van der Waals surface area contributed by atoms with Crippen LogP contribution in [0, 0.1) is 11.7 Å². The number of carbonyl (C=O) groups excluding carboxylic acids is 1. The van der Waals surface area contributed by atoms with E-state index in [9.17, 15) is 17.6 Å². The summed E-state index contributed by atoms with van der Waals surface area (Å²) >= 11 is 5.79.